The molecule has 9 heteroatoms. The van der Waals surface area contributed by atoms with Gasteiger partial charge in [0.1, 0.15) is 5.75 Å². The van der Waals surface area contributed by atoms with E-state index in [2.05, 4.69) is 27.8 Å². The number of rotatable bonds is 1. The second-order valence-corrected chi connectivity index (χ2v) is 15.3. The summed E-state index contributed by atoms with van der Waals surface area (Å²) in [5.74, 6) is 0.710. The van der Waals surface area contributed by atoms with Gasteiger partial charge in [0.15, 0.2) is 0 Å². The summed E-state index contributed by atoms with van der Waals surface area (Å²) in [6.07, 6.45) is 9.93. The largest absolute Gasteiger partial charge is 0.490 e. The van der Waals surface area contributed by atoms with E-state index in [1.807, 2.05) is 31.2 Å². The molecule has 1 amide bonds. The maximum absolute atomic E-state index is 13.4. The van der Waals surface area contributed by atoms with E-state index in [9.17, 15) is 13.2 Å². The molecule has 42 heavy (non-hydrogen) atoms. The van der Waals surface area contributed by atoms with E-state index in [4.69, 9.17) is 21.1 Å². The number of nitrogens with one attached hydrogen (secondary N) is 1. The normalized spacial score (nSPS) is 33.3. The Morgan fingerprint density at radius 3 is 2.74 bits per heavy atom. The number of halogens is 1. The van der Waals surface area contributed by atoms with Gasteiger partial charge in [0, 0.05) is 36.2 Å². The van der Waals surface area contributed by atoms with E-state index < -0.39 is 21.2 Å². The van der Waals surface area contributed by atoms with Crippen molar-refractivity contribution in [1.82, 2.24) is 4.72 Å². The number of nitrogens with zero attached hydrogens (tertiary/aromatic N) is 1. The Labute approximate surface area is 254 Å². The number of allylic oxidation sites excluding steroid dienone is 1. The van der Waals surface area contributed by atoms with E-state index in [1.165, 1.54) is 11.1 Å². The molecule has 0 saturated heterocycles. The molecule has 2 bridgehead atoms. The molecule has 226 valence electrons. The fraction of sp³-hybridized carbons (Fsp3) is 0.545. The highest BCUT2D eigenvalue weighted by molar-refractivity contribution is 7.90. The molecule has 2 heterocycles. The summed E-state index contributed by atoms with van der Waals surface area (Å²) in [4.78, 5) is 15.7. The van der Waals surface area contributed by atoms with Crippen LogP contribution in [0, 0.1) is 17.8 Å². The molecule has 2 aliphatic heterocycles. The van der Waals surface area contributed by atoms with E-state index in [0.717, 1.165) is 61.7 Å². The summed E-state index contributed by atoms with van der Waals surface area (Å²) in [6, 6.07) is 11.5. The van der Waals surface area contributed by atoms with E-state index >= 15 is 0 Å². The Bertz CT molecular complexity index is 1490. The lowest BCUT2D eigenvalue weighted by atomic mass is 9.68. The van der Waals surface area contributed by atoms with Crippen LogP contribution >= 0.6 is 11.6 Å². The molecule has 0 radical (unpaired) electrons. The van der Waals surface area contributed by atoms with Crippen LogP contribution in [0.1, 0.15) is 67.4 Å². The van der Waals surface area contributed by atoms with Gasteiger partial charge in [-0.1, -0.05) is 36.7 Å². The number of fused-ring (bicyclic) bond motifs is 4. The van der Waals surface area contributed by atoms with Crippen LogP contribution in [0.4, 0.5) is 5.69 Å². The highest BCUT2D eigenvalue weighted by Gasteiger charge is 2.44. The SMILES string of the molecule is CO[C@@H]1/C=C/C[C@@H](C)[C@H](C)S(=O)(=O)NC(=O)c2ccc3c(c2)N(C[C@H]2CC[C@H]21)C[C@@]1(CCCc2cc(Cl)ccc21)CO3. The Kier molecular flexibility index (Phi) is 8.09. The standard InChI is InChI=1S/C33H41ClN2O5S/c1-21-6-4-8-30(40-3)27-12-9-25(27)18-36-19-33(15-5-7-23-16-26(34)11-13-28(23)33)20-41-31-14-10-24(17-29(31)36)32(37)35-42(38,39)22(21)2/h4,8,10-11,13-14,16-17,21-22,25,27,30H,5-7,9,12,15,18-20H2,1-3H3,(H,35,37)/b8-4+/t21-,22+,25-,27-,30-,33+/m1/s1. The fourth-order valence-electron chi connectivity index (χ4n) is 7.39. The minimum Gasteiger partial charge on any atom is -0.490 e. The molecular formula is C33H41ClN2O5S. The van der Waals surface area contributed by atoms with Gasteiger partial charge in [-0.15, -0.1) is 0 Å². The topological polar surface area (TPSA) is 84.9 Å². The summed E-state index contributed by atoms with van der Waals surface area (Å²) < 4.78 is 41.3. The van der Waals surface area contributed by atoms with E-state index in [0.29, 0.717) is 30.4 Å². The zero-order valence-electron chi connectivity index (χ0n) is 24.6. The van der Waals surface area contributed by atoms with Gasteiger partial charge < -0.3 is 14.4 Å². The number of methoxy groups -OCH3 is 1. The number of ether oxygens (including phenoxy) is 2. The van der Waals surface area contributed by atoms with Gasteiger partial charge in [-0.2, -0.15) is 0 Å². The third-order valence-electron chi connectivity index (χ3n) is 10.3. The molecule has 2 aromatic carbocycles. The first-order chi connectivity index (χ1) is 20.1. The van der Waals surface area contributed by atoms with Crippen molar-refractivity contribution in [1.29, 1.82) is 0 Å². The van der Waals surface area contributed by atoms with Gasteiger partial charge in [-0.25, -0.2) is 13.1 Å². The minimum absolute atomic E-state index is 0.0315. The monoisotopic (exact) mass is 612 g/mol. The quantitative estimate of drug-likeness (QED) is 0.404. The van der Waals surface area contributed by atoms with Crippen LogP contribution in [-0.4, -0.2) is 52.5 Å². The van der Waals surface area contributed by atoms with Crippen LogP contribution in [0.3, 0.4) is 0 Å². The predicted octanol–water partition coefficient (Wildman–Crippen LogP) is 5.90. The Morgan fingerprint density at radius 2 is 1.98 bits per heavy atom. The first kappa shape index (κ1) is 29.5. The number of amides is 1. The highest BCUT2D eigenvalue weighted by Crippen LogP contribution is 2.47. The van der Waals surface area contributed by atoms with Crippen LogP contribution < -0.4 is 14.4 Å². The summed E-state index contributed by atoms with van der Waals surface area (Å²) in [6.45, 7) is 5.63. The average Bonchev–Trinajstić information content (AvgIpc) is 3.10. The number of hydrogen-bond donors (Lipinski definition) is 1. The number of hydrogen-bond acceptors (Lipinski definition) is 6. The van der Waals surface area contributed by atoms with Gasteiger partial charge in [-0.3, -0.25) is 4.79 Å². The summed E-state index contributed by atoms with van der Waals surface area (Å²) in [5, 5.41) is 0.00998. The van der Waals surface area contributed by atoms with Crippen molar-refractivity contribution < 1.29 is 22.7 Å². The Morgan fingerprint density at radius 1 is 1.14 bits per heavy atom. The molecule has 7 nitrogen and oxygen atoms in total. The van der Waals surface area contributed by atoms with Crippen molar-refractivity contribution in [2.45, 2.75) is 69.1 Å². The van der Waals surface area contributed by atoms with Crippen molar-refractivity contribution in [2.75, 3.05) is 31.7 Å². The number of anilines is 1. The average molecular weight is 613 g/mol. The summed E-state index contributed by atoms with van der Waals surface area (Å²) in [5.41, 5.74) is 3.48. The second-order valence-electron chi connectivity index (χ2n) is 12.8. The van der Waals surface area contributed by atoms with Crippen molar-refractivity contribution >= 4 is 33.2 Å². The number of sulfonamides is 1. The molecule has 1 fully saturated rings. The van der Waals surface area contributed by atoms with Crippen LogP contribution in [0.5, 0.6) is 5.75 Å². The van der Waals surface area contributed by atoms with Crippen LogP contribution in [0.2, 0.25) is 5.02 Å². The maximum Gasteiger partial charge on any atom is 0.264 e. The van der Waals surface area contributed by atoms with Crippen molar-refractivity contribution in [3.63, 3.8) is 0 Å². The zero-order valence-corrected chi connectivity index (χ0v) is 26.2. The molecule has 1 spiro atoms. The lowest BCUT2D eigenvalue weighted by Gasteiger charge is -2.46. The first-order valence-electron chi connectivity index (χ1n) is 15.2. The number of carbonyl (C=O) groups excluding carboxylic acids is 1. The van der Waals surface area contributed by atoms with E-state index in [-0.39, 0.29) is 17.4 Å². The molecule has 1 N–H and O–H groups in total. The van der Waals surface area contributed by atoms with Gasteiger partial charge in [0.2, 0.25) is 10.0 Å². The van der Waals surface area contributed by atoms with Gasteiger partial charge in [-0.05, 0) is 105 Å². The predicted molar refractivity (Wildman–Crippen MR) is 166 cm³/mol. The maximum atomic E-state index is 13.4. The van der Waals surface area contributed by atoms with Gasteiger partial charge in [0.25, 0.3) is 5.91 Å². The van der Waals surface area contributed by atoms with Crippen molar-refractivity contribution in [3.8, 4) is 5.75 Å². The van der Waals surface area contributed by atoms with Crippen molar-refractivity contribution in [2.24, 2.45) is 17.8 Å². The minimum atomic E-state index is -3.88. The molecule has 2 aromatic rings. The lowest BCUT2D eigenvalue weighted by Crippen LogP contribution is -2.49. The fourth-order valence-corrected chi connectivity index (χ4v) is 8.87. The zero-order chi connectivity index (χ0) is 29.6. The van der Waals surface area contributed by atoms with Crippen LogP contribution in [-0.2, 0) is 26.6 Å². The van der Waals surface area contributed by atoms with E-state index in [1.54, 1.807) is 20.1 Å². The molecule has 6 atom stereocenters. The third-order valence-corrected chi connectivity index (χ3v) is 12.4. The smallest absolute Gasteiger partial charge is 0.264 e. The summed E-state index contributed by atoms with van der Waals surface area (Å²) >= 11 is 6.40. The van der Waals surface area contributed by atoms with Crippen LogP contribution in [0.15, 0.2) is 48.6 Å². The second kappa shape index (κ2) is 11.5. The Hall–Kier alpha value is -2.55. The number of benzene rings is 2. The molecule has 6 rings (SSSR count). The number of carbonyl (C=O) groups is 1. The van der Waals surface area contributed by atoms with Gasteiger partial charge >= 0.3 is 0 Å². The molecule has 2 aliphatic carbocycles. The molecule has 0 aromatic heterocycles. The first-order valence-corrected chi connectivity index (χ1v) is 17.1. The number of aryl methyl sites for hydroxylation is 1. The van der Waals surface area contributed by atoms with Crippen molar-refractivity contribution in [3.05, 3.63) is 70.3 Å². The lowest BCUT2D eigenvalue weighted by molar-refractivity contribution is 0.0131. The third kappa shape index (κ3) is 5.46. The molecule has 0 unspecified atom stereocenters. The molecular weight excluding hydrogens is 572 g/mol. The molecule has 4 aliphatic rings. The van der Waals surface area contributed by atoms with Gasteiger partial charge in [0.05, 0.1) is 23.6 Å². The summed E-state index contributed by atoms with van der Waals surface area (Å²) in [7, 11) is -2.13. The van der Waals surface area contributed by atoms with Crippen LogP contribution in [0.25, 0.3) is 0 Å². The molecule has 1 saturated carbocycles. The Balaban J connectivity index is 1.43. The highest BCUT2D eigenvalue weighted by atomic mass is 35.5.